The molecule has 1 aromatic rings. The van der Waals surface area contributed by atoms with Crippen LogP contribution in [0.25, 0.3) is 0 Å². The molecular weight excluding hydrogens is 262 g/mol. The summed E-state index contributed by atoms with van der Waals surface area (Å²) in [5, 5.41) is 14.2. The van der Waals surface area contributed by atoms with Crippen LogP contribution in [-0.4, -0.2) is 55.7 Å². The first kappa shape index (κ1) is 14.0. The van der Waals surface area contributed by atoms with E-state index in [-0.39, 0.29) is 6.03 Å². The van der Waals surface area contributed by atoms with Gasteiger partial charge in [-0.1, -0.05) is 5.16 Å². The Morgan fingerprint density at radius 3 is 3.00 bits per heavy atom. The highest BCUT2D eigenvalue weighted by Gasteiger charge is 2.18. The minimum absolute atomic E-state index is 0.0601. The van der Waals surface area contributed by atoms with Crippen molar-refractivity contribution in [2.75, 3.05) is 33.4 Å². The molecule has 0 unspecified atom stereocenters. The minimum Gasteiger partial charge on any atom is -0.493 e. The summed E-state index contributed by atoms with van der Waals surface area (Å²) in [6.45, 7) is 2.29. The van der Waals surface area contributed by atoms with E-state index in [4.69, 9.17) is 14.7 Å². The number of carbonyl (C=O) groups excluding carboxylic acids is 1. The molecule has 1 saturated heterocycles. The lowest BCUT2D eigenvalue weighted by Gasteiger charge is -2.16. The Labute approximate surface area is 116 Å². The number of nitrogens with zero attached hydrogens (tertiary/aromatic N) is 2. The molecule has 1 aliphatic rings. The molecule has 1 aliphatic heterocycles. The molecule has 1 heterocycles. The average molecular weight is 279 g/mol. The molecule has 0 bridgehead atoms. The number of methoxy groups -OCH3 is 1. The fourth-order valence-corrected chi connectivity index (χ4v) is 1.94. The van der Waals surface area contributed by atoms with Crippen molar-refractivity contribution < 1.29 is 19.5 Å². The van der Waals surface area contributed by atoms with Gasteiger partial charge in [-0.3, -0.25) is 0 Å². The Kier molecular flexibility index (Phi) is 4.65. The van der Waals surface area contributed by atoms with E-state index in [1.54, 1.807) is 23.1 Å². The van der Waals surface area contributed by atoms with Crippen LogP contribution in [0.2, 0.25) is 0 Å². The monoisotopic (exact) mass is 279 g/mol. The number of rotatable bonds is 6. The number of carbonyl (C=O) groups is 1. The molecule has 2 amide bonds. The van der Waals surface area contributed by atoms with Crippen LogP contribution in [0.15, 0.2) is 23.4 Å². The lowest BCUT2D eigenvalue weighted by atomic mass is 10.2. The number of oxime groups is 1. The van der Waals surface area contributed by atoms with Crippen LogP contribution >= 0.6 is 0 Å². The summed E-state index contributed by atoms with van der Waals surface area (Å²) in [5.74, 6) is 1.13. The van der Waals surface area contributed by atoms with Gasteiger partial charge in [0, 0.05) is 18.7 Å². The maximum atomic E-state index is 11.4. The smallest absolute Gasteiger partial charge is 0.317 e. The maximum Gasteiger partial charge on any atom is 0.317 e. The highest BCUT2D eigenvalue weighted by molar-refractivity contribution is 5.80. The Balaban J connectivity index is 1.93. The Hall–Kier alpha value is -2.44. The number of nitrogens with one attached hydrogen (secondary N) is 1. The average Bonchev–Trinajstić information content (AvgIpc) is 2.86. The van der Waals surface area contributed by atoms with Crippen molar-refractivity contribution in [1.29, 1.82) is 0 Å². The largest absolute Gasteiger partial charge is 0.493 e. The Morgan fingerprint density at radius 1 is 1.50 bits per heavy atom. The second kappa shape index (κ2) is 6.65. The lowest BCUT2D eigenvalue weighted by molar-refractivity contribution is 0.201. The molecule has 108 valence electrons. The molecule has 2 rings (SSSR count). The molecule has 0 spiro atoms. The molecule has 2 N–H and O–H groups in total. The topological polar surface area (TPSA) is 83.4 Å². The van der Waals surface area contributed by atoms with Crippen LogP contribution in [0.4, 0.5) is 4.79 Å². The molecule has 0 saturated carbocycles. The number of hydrogen-bond donors (Lipinski definition) is 2. The van der Waals surface area contributed by atoms with E-state index in [2.05, 4.69) is 10.5 Å². The fraction of sp³-hybridized carbons (Fsp3) is 0.385. The summed E-state index contributed by atoms with van der Waals surface area (Å²) < 4.78 is 10.8. The van der Waals surface area contributed by atoms with Crippen LogP contribution in [-0.2, 0) is 0 Å². The minimum atomic E-state index is -0.0601. The summed E-state index contributed by atoms with van der Waals surface area (Å²) in [4.78, 5) is 13.0. The van der Waals surface area contributed by atoms with E-state index in [1.807, 2.05) is 0 Å². The van der Waals surface area contributed by atoms with E-state index in [0.29, 0.717) is 43.3 Å². The van der Waals surface area contributed by atoms with Crippen molar-refractivity contribution in [2.45, 2.75) is 0 Å². The summed E-state index contributed by atoms with van der Waals surface area (Å²) in [7, 11) is 1.54. The third-order valence-corrected chi connectivity index (χ3v) is 2.96. The van der Waals surface area contributed by atoms with E-state index in [1.165, 1.54) is 13.3 Å². The molecule has 20 heavy (non-hydrogen) atoms. The Morgan fingerprint density at radius 2 is 2.35 bits per heavy atom. The van der Waals surface area contributed by atoms with Gasteiger partial charge in [0.2, 0.25) is 0 Å². The van der Waals surface area contributed by atoms with Gasteiger partial charge >= 0.3 is 6.03 Å². The van der Waals surface area contributed by atoms with Crippen LogP contribution in [0.1, 0.15) is 5.56 Å². The first-order chi connectivity index (χ1) is 9.74. The van der Waals surface area contributed by atoms with Gasteiger partial charge in [0.15, 0.2) is 11.5 Å². The van der Waals surface area contributed by atoms with Crippen molar-refractivity contribution in [3.05, 3.63) is 23.8 Å². The SMILES string of the molecule is COc1cc(C=NO)ccc1OCCN1CCNC1=O. The molecule has 7 heteroatoms. The first-order valence-corrected chi connectivity index (χ1v) is 6.25. The predicted molar refractivity (Wildman–Crippen MR) is 72.8 cm³/mol. The molecular formula is C13H17N3O4. The first-order valence-electron chi connectivity index (χ1n) is 6.25. The van der Waals surface area contributed by atoms with E-state index < -0.39 is 0 Å². The zero-order valence-electron chi connectivity index (χ0n) is 11.2. The van der Waals surface area contributed by atoms with Crippen LogP contribution in [0.5, 0.6) is 11.5 Å². The normalized spacial score (nSPS) is 14.7. The van der Waals surface area contributed by atoms with Crippen molar-refractivity contribution in [2.24, 2.45) is 5.16 Å². The number of urea groups is 1. The highest BCUT2D eigenvalue weighted by Crippen LogP contribution is 2.27. The number of benzene rings is 1. The quantitative estimate of drug-likeness (QED) is 0.460. The highest BCUT2D eigenvalue weighted by atomic mass is 16.5. The summed E-state index contributed by atoms with van der Waals surface area (Å²) in [6.07, 6.45) is 1.31. The third kappa shape index (κ3) is 3.31. The van der Waals surface area contributed by atoms with Crippen molar-refractivity contribution in [1.82, 2.24) is 10.2 Å². The standard InChI is InChI=1S/C13H17N3O4/c1-19-12-8-10(9-15-18)2-3-11(12)20-7-6-16-5-4-14-13(16)17/h2-3,8-9,18H,4-7H2,1H3,(H,14,17). The number of amides is 2. The molecule has 1 fully saturated rings. The molecule has 0 atom stereocenters. The molecule has 0 aromatic heterocycles. The molecule has 0 radical (unpaired) electrons. The zero-order valence-corrected chi connectivity index (χ0v) is 11.2. The van der Waals surface area contributed by atoms with Crippen molar-refractivity contribution >= 4 is 12.2 Å². The lowest BCUT2D eigenvalue weighted by Crippen LogP contribution is -2.31. The second-order valence-electron chi connectivity index (χ2n) is 4.22. The van der Waals surface area contributed by atoms with Crippen LogP contribution in [0, 0.1) is 0 Å². The van der Waals surface area contributed by atoms with Gasteiger partial charge in [-0.15, -0.1) is 0 Å². The van der Waals surface area contributed by atoms with E-state index in [9.17, 15) is 4.79 Å². The van der Waals surface area contributed by atoms with Gasteiger partial charge in [-0.25, -0.2) is 4.79 Å². The maximum absolute atomic E-state index is 11.4. The van der Waals surface area contributed by atoms with Crippen LogP contribution < -0.4 is 14.8 Å². The summed E-state index contributed by atoms with van der Waals surface area (Å²) in [5.41, 5.74) is 0.704. The summed E-state index contributed by atoms with van der Waals surface area (Å²) in [6, 6.07) is 5.13. The molecule has 0 aliphatic carbocycles. The third-order valence-electron chi connectivity index (χ3n) is 2.96. The van der Waals surface area contributed by atoms with Gasteiger partial charge < -0.3 is 24.9 Å². The number of ether oxygens (including phenoxy) is 2. The summed E-state index contributed by atoms with van der Waals surface area (Å²) >= 11 is 0. The van der Waals surface area contributed by atoms with Gasteiger partial charge in [0.1, 0.15) is 6.61 Å². The van der Waals surface area contributed by atoms with Gasteiger partial charge in [-0.2, -0.15) is 0 Å². The molecule has 7 nitrogen and oxygen atoms in total. The molecule has 1 aromatic carbocycles. The van der Waals surface area contributed by atoms with Gasteiger partial charge in [0.05, 0.1) is 19.9 Å². The predicted octanol–water partition coefficient (Wildman–Crippen LogP) is 0.907. The van der Waals surface area contributed by atoms with Crippen molar-refractivity contribution in [3.8, 4) is 11.5 Å². The van der Waals surface area contributed by atoms with Gasteiger partial charge in [0.25, 0.3) is 0 Å². The van der Waals surface area contributed by atoms with Crippen LogP contribution in [0.3, 0.4) is 0 Å². The van der Waals surface area contributed by atoms with E-state index >= 15 is 0 Å². The zero-order chi connectivity index (χ0) is 14.4. The van der Waals surface area contributed by atoms with Gasteiger partial charge in [-0.05, 0) is 18.2 Å². The van der Waals surface area contributed by atoms with E-state index in [0.717, 1.165) is 0 Å². The Bertz CT molecular complexity index is 504. The fourth-order valence-electron chi connectivity index (χ4n) is 1.94. The number of hydrogen-bond acceptors (Lipinski definition) is 5. The second-order valence-corrected chi connectivity index (χ2v) is 4.22. The van der Waals surface area contributed by atoms with Crippen molar-refractivity contribution in [3.63, 3.8) is 0 Å².